The zero-order chi connectivity index (χ0) is 24.4. The average molecular weight is 518 g/mol. The van der Waals surface area contributed by atoms with Gasteiger partial charge in [0.2, 0.25) is 0 Å². The molecule has 2 aliphatic rings. The summed E-state index contributed by atoms with van der Waals surface area (Å²) in [4.78, 5) is 34.3. The lowest BCUT2D eigenvalue weighted by atomic mass is 9.93. The van der Waals surface area contributed by atoms with Crippen LogP contribution in [-0.4, -0.2) is 53.3 Å². The first-order valence-corrected chi connectivity index (χ1v) is 12.5. The SMILES string of the molecule is CC1=C(C(=O)N(C)C)C(c2cccc(NC(=O)Nc3ccc(Cl)c(Cl)c3)c2)N2CCCSC2=N1. The van der Waals surface area contributed by atoms with Gasteiger partial charge in [0.25, 0.3) is 5.91 Å². The van der Waals surface area contributed by atoms with E-state index < -0.39 is 6.03 Å². The number of carbonyl (C=O) groups is 2. The van der Waals surface area contributed by atoms with Crippen molar-refractivity contribution in [1.82, 2.24) is 9.80 Å². The summed E-state index contributed by atoms with van der Waals surface area (Å²) in [6.45, 7) is 2.69. The van der Waals surface area contributed by atoms with E-state index in [2.05, 4.69) is 15.5 Å². The van der Waals surface area contributed by atoms with Crippen molar-refractivity contribution in [3.8, 4) is 0 Å². The van der Waals surface area contributed by atoms with E-state index in [9.17, 15) is 9.59 Å². The van der Waals surface area contributed by atoms with Crippen LogP contribution in [0.2, 0.25) is 10.0 Å². The summed E-state index contributed by atoms with van der Waals surface area (Å²) in [6.07, 6.45) is 1.01. The highest BCUT2D eigenvalue weighted by atomic mass is 35.5. The number of amidine groups is 1. The van der Waals surface area contributed by atoms with E-state index in [0.29, 0.717) is 27.0 Å². The molecule has 2 aliphatic heterocycles. The molecule has 2 aromatic carbocycles. The largest absolute Gasteiger partial charge is 0.345 e. The van der Waals surface area contributed by atoms with E-state index in [1.54, 1.807) is 49.0 Å². The molecule has 2 aromatic rings. The fourth-order valence-corrected chi connectivity index (χ4v) is 5.30. The zero-order valence-corrected chi connectivity index (χ0v) is 21.4. The third-order valence-corrected chi connectivity index (χ3v) is 7.35. The fraction of sp³-hybridized carbons (Fsp3) is 0.292. The number of amides is 3. The van der Waals surface area contributed by atoms with Gasteiger partial charge in [-0.1, -0.05) is 47.1 Å². The molecule has 7 nitrogen and oxygen atoms in total. The lowest BCUT2D eigenvalue weighted by Crippen LogP contribution is -2.43. The predicted molar refractivity (Wildman–Crippen MR) is 141 cm³/mol. The third-order valence-electron chi connectivity index (χ3n) is 5.53. The molecule has 3 amide bonds. The second kappa shape index (κ2) is 10.3. The van der Waals surface area contributed by atoms with Crippen LogP contribution in [-0.2, 0) is 4.79 Å². The van der Waals surface area contributed by atoms with Crippen molar-refractivity contribution >= 4 is 63.4 Å². The first kappa shape index (κ1) is 24.4. The van der Waals surface area contributed by atoms with Gasteiger partial charge in [-0.25, -0.2) is 9.79 Å². The number of thioether (sulfide) groups is 1. The van der Waals surface area contributed by atoms with Crippen LogP contribution in [0.3, 0.4) is 0 Å². The number of nitrogens with zero attached hydrogens (tertiary/aromatic N) is 3. The van der Waals surface area contributed by atoms with Crippen molar-refractivity contribution in [3.63, 3.8) is 0 Å². The van der Waals surface area contributed by atoms with Gasteiger partial charge in [0.1, 0.15) is 0 Å². The first-order valence-electron chi connectivity index (χ1n) is 10.8. The second-order valence-corrected chi connectivity index (χ2v) is 10.1. The third kappa shape index (κ3) is 5.19. The van der Waals surface area contributed by atoms with Gasteiger partial charge in [-0.05, 0) is 49.2 Å². The van der Waals surface area contributed by atoms with Crippen LogP contribution in [0.4, 0.5) is 16.2 Å². The number of allylic oxidation sites excluding steroid dienone is 1. The summed E-state index contributed by atoms with van der Waals surface area (Å²) in [5.41, 5.74) is 3.41. The molecule has 0 spiro atoms. The van der Waals surface area contributed by atoms with E-state index in [1.165, 1.54) is 0 Å². The Labute approximate surface area is 213 Å². The Morgan fingerprint density at radius 3 is 2.53 bits per heavy atom. The number of anilines is 2. The molecule has 34 heavy (non-hydrogen) atoms. The van der Waals surface area contributed by atoms with Crippen LogP contribution in [0.25, 0.3) is 0 Å². The summed E-state index contributed by atoms with van der Waals surface area (Å²) in [5, 5.41) is 7.32. The van der Waals surface area contributed by atoms with Crippen LogP contribution < -0.4 is 10.6 Å². The Balaban J connectivity index is 1.61. The van der Waals surface area contributed by atoms with Crippen molar-refractivity contribution in [1.29, 1.82) is 0 Å². The maximum Gasteiger partial charge on any atom is 0.323 e. The molecule has 0 saturated carbocycles. The molecule has 2 N–H and O–H groups in total. The molecule has 0 radical (unpaired) electrons. The molecular formula is C24H25Cl2N5O2S. The standard InChI is InChI=1S/C24H25Cl2N5O2S/c1-14-20(22(32)30(2)3)21(31-10-5-11-34-24(31)27-14)15-6-4-7-16(12-15)28-23(33)29-17-8-9-18(25)19(26)13-17/h4,6-9,12-13,21H,5,10-11H2,1-3H3,(H2,28,29,33). The Kier molecular flexibility index (Phi) is 7.40. The van der Waals surface area contributed by atoms with Crippen molar-refractivity contribution < 1.29 is 9.59 Å². The molecule has 1 atom stereocenters. The highest BCUT2D eigenvalue weighted by Crippen LogP contribution is 2.40. The second-order valence-electron chi connectivity index (χ2n) is 8.22. The molecule has 0 aliphatic carbocycles. The van der Waals surface area contributed by atoms with Crippen molar-refractivity contribution in [3.05, 3.63) is 69.3 Å². The highest BCUT2D eigenvalue weighted by molar-refractivity contribution is 8.13. The molecule has 0 bridgehead atoms. The Bertz CT molecular complexity index is 1200. The maximum absolute atomic E-state index is 13.1. The molecule has 178 valence electrons. The number of halogens is 2. The lowest BCUT2D eigenvalue weighted by molar-refractivity contribution is -0.125. The Hall–Kier alpha value is -2.68. The Morgan fingerprint density at radius 2 is 1.82 bits per heavy atom. The van der Waals surface area contributed by atoms with E-state index in [0.717, 1.165) is 35.1 Å². The number of likely N-dealkylation sites (N-methyl/N-ethyl adjacent to an activating group) is 1. The van der Waals surface area contributed by atoms with Gasteiger partial charge in [0, 0.05) is 37.8 Å². The molecule has 1 fully saturated rings. The van der Waals surface area contributed by atoms with Gasteiger partial charge in [-0.3, -0.25) is 4.79 Å². The zero-order valence-electron chi connectivity index (χ0n) is 19.1. The number of hydrogen-bond acceptors (Lipinski definition) is 5. The van der Waals surface area contributed by atoms with E-state index in [-0.39, 0.29) is 11.9 Å². The van der Waals surface area contributed by atoms with Gasteiger partial charge in [0.15, 0.2) is 5.17 Å². The van der Waals surface area contributed by atoms with Crippen LogP contribution >= 0.6 is 35.0 Å². The number of aliphatic imine (C=N–C) groups is 1. The number of rotatable bonds is 4. The van der Waals surface area contributed by atoms with Crippen molar-refractivity contribution in [2.45, 2.75) is 19.4 Å². The monoisotopic (exact) mass is 517 g/mol. The van der Waals surface area contributed by atoms with Gasteiger partial charge >= 0.3 is 6.03 Å². The van der Waals surface area contributed by atoms with Crippen molar-refractivity contribution in [2.75, 3.05) is 37.0 Å². The van der Waals surface area contributed by atoms with Crippen LogP contribution in [0.1, 0.15) is 24.9 Å². The molecule has 10 heteroatoms. The number of urea groups is 1. The lowest BCUT2D eigenvalue weighted by Gasteiger charge is -2.41. The minimum atomic E-state index is -0.411. The summed E-state index contributed by atoms with van der Waals surface area (Å²) in [5.74, 6) is 0.930. The summed E-state index contributed by atoms with van der Waals surface area (Å²) in [6, 6.07) is 11.8. The normalized spacial score (nSPS) is 17.6. The van der Waals surface area contributed by atoms with Gasteiger partial charge < -0.3 is 20.4 Å². The molecule has 1 saturated heterocycles. The van der Waals surface area contributed by atoms with Crippen LogP contribution in [0, 0.1) is 0 Å². The number of benzene rings is 2. The van der Waals surface area contributed by atoms with Gasteiger partial charge in [-0.15, -0.1) is 0 Å². The molecule has 4 rings (SSSR count). The molecule has 1 unspecified atom stereocenters. The van der Waals surface area contributed by atoms with E-state index in [1.807, 2.05) is 31.2 Å². The minimum Gasteiger partial charge on any atom is -0.345 e. The smallest absolute Gasteiger partial charge is 0.323 e. The predicted octanol–water partition coefficient (Wildman–Crippen LogP) is 5.85. The van der Waals surface area contributed by atoms with Crippen LogP contribution in [0.15, 0.2) is 58.7 Å². The molecular weight excluding hydrogens is 493 g/mol. The fourth-order valence-electron chi connectivity index (χ4n) is 3.98. The first-order chi connectivity index (χ1) is 16.2. The number of nitrogens with one attached hydrogen (secondary N) is 2. The average Bonchev–Trinajstić information content (AvgIpc) is 2.80. The van der Waals surface area contributed by atoms with Crippen LogP contribution in [0.5, 0.6) is 0 Å². The topological polar surface area (TPSA) is 77.0 Å². The maximum atomic E-state index is 13.1. The quantitative estimate of drug-likeness (QED) is 0.533. The van der Waals surface area contributed by atoms with Gasteiger partial charge in [0.05, 0.1) is 27.4 Å². The summed E-state index contributed by atoms with van der Waals surface area (Å²) in [7, 11) is 3.49. The van der Waals surface area contributed by atoms with Gasteiger partial charge in [-0.2, -0.15) is 0 Å². The van der Waals surface area contributed by atoms with E-state index >= 15 is 0 Å². The van der Waals surface area contributed by atoms with Crippen molar-refractivity contribution in [2.24, 2.45) is 4.99 Å². The molecule has 0 aromatic heterocycles. The minimum absolute atomic E-state index is 0.0726. The number of carbonyl (C=O) groups excluding carboxylic acids is 2. The highest BCUT2D eigenvalue weighted by Gasteiger charge is 2.37. The van der Waals surface area contributed by atoms with E-state index in [4.69, 9.17) is 28.2 Å². The molecule has 2 heterocycles. The number of hydrogen-bond donors (Lipinski definition) is 2. The summed E-state index contributed by atoms with van der Waals surface area (Å²) < 4.78 is 0. The number of fused-ring (bicyclic) bond motifs is 1. The summed E-state index contributed by atoms with van der Waals surface area (Å²) >= 11 is 13.7. The Morgan fingerprint density at radius 1 is 1.09 bits per heavy atom.